The van der Waals surface area contributed by atoms with E-state index in [4.69, 9.17) is 10.5 Å². The van der Waals surface area contributed by atoms with E-state index < -0.39 is 18.0 Å². The van der Waals surface area contributed by atoms with Crippen LogP contribution in [0.15, 0.2) is 29.6 Å². The van der Waals surface area contributed by atoms with Crippen LogP contribution in [0.3, 0.4) is 0 Å². The molecule has 0 unspecified atom stereocenters. The number of nitrogens with two attached hydrogens (primary N) is 1. The Morgan fingerprint density at radius 2 is 1.95 bits per heavy atom. The number of esters is 1. The van der Waals surface area contributed by atoms with Gasteiger partial charge in [-0.1, -0.05) is 29.8 Å². The summed E-state index contributed by atoms with van der Waals surface area (Å²) in [5, 5.41) is 2.33. The van der Waals surface area contributed by atoms with Crippen LogP contribution >= 0.6 is 11.3 Å². The monoisotopic (exact) mass is 290 g/mol. The normalized spacial score (nSPS) is 11.9. The van der Waals surface area contributed by atoms with Crippen LogP contribution in [-0.4, -0.2) is 23.0 Å². The molecule has 0 bridgehead atoms. The first-order chi connectivity index (χ1) is 9.47. The maximum Gasteiger partial charge on any atom is 0.358 e. The Hall–Kier alpha value is -2.21. The summed E-state index contributed by atoms with van der Waals surface area (Å²) in [7, 11) is 0. The molecule has 104 valence electrons. The summed E-state index contributed by atoms with van der Waals surface area (Å²) in [4.78, 5) is 26.8. The molecule has 1 atom stereocenters. The van der Waals surface area contributed by atoms with Crippen LogP contribution in [0.25, 0.3) is 10.6 Å². The van der Waals surface area contributed by atoms with Gasteiger partial charge < -0.3 is 10.5 Å². The zero-order valence-electron chi connectivity index (χ0n) is 11.1. The van der Waals surface area contributed by atoms with Crippen molar-refractivity contribution in [2.75, 3.05) is 0 Å². The second-order valence-corrected chi connectivity index (χ2v) is 5.21. The summed E-state index contributed by atoms with van der Waals surface area (Å²) in [5.74, 6) is -1.33. The Bertz CT molecular complexity index is 634. The number of thiazole rings is 1. The van der Waals surface area contributed by atoms with Crippen molar-refractivity contribution in [1.82, 2.24) is 4.98 Å². The van der Waals surface area contributed by atoms with E-state index in [9.17, 15) is 9.59 Å². The SMILES string of the molecule is Cc1ccc(-c2nc(C(=O)O[C@@H](C)C(N)=O)cs2)cc1. The molecule has 0 radical (unpaired) electrons. The van der Waals surface area contributed by atoms with Crippen LogP contribution in [-0.2, 0) is 9.53 Å². The predicted octanol–water partition coefficient (Wildman–Crippen LogP) is 2.15. The lowest BCUT2D eigenvalue weighted by Gasteiger charge is -2.07. The molecule has 1 amide bonds. The lowest BCUT2D eigenvalue weighted by molar-refractivity contribution is -0.125. The molecular formula is C14H14N2O3S. The molecule has 0 aliphatic heterocycles. The molecule has 20 heavy (non-hydrogen) atoms. The van der Waals surface area contributed by atoms with Crippen molar-refractivity contribution < 1.29 is 14.3 Å². The maximum atomic E-state index is 11.8. The molecule has 0 aliphatic carbocycles. The highest BCUT2D eigenvalue weighted by atomic mass is 32.1. The van der Waals surface area contributed by atoms with E-state index >= 15 is 0 Å². The summed E-state index contributed by atoms with van der Waals surface area (Å²) in [6, 6.07) is 7.83. The van der Waals surface area contributed by atoms with Gasteiger partial charge in [-0.25, -0.2) is 9.78 Å². The van der Waals surface area contributed by atoms with Crippen LogP contribution in [0.4, 0.5) is 0 Å². The van der Waals surface area contributed by atoms with E-state index in [2.05, 4.69) is 4.98 Å². The Morgan fingerprint density at radius 3 is 2.55 bits per heavy atom. The van der Waals surface area contributed by atoms with E-state index in [1.807, 2.05) is 31.2 Å². The number of aryl methyl sites for hydroxylation is 1. The van der Waals surface area contributed by atoms with Crippen molar-refractivity contribution in [3.8, 4) is 10.6 Å². The van der Waals surface area contributed by atoms with Gasteiger partial charge in [0.25, 0.3) is 5.91 Å². The van der Waals surface area contributed by atoms with Gasteiger partial charge in [-0.15, -0.1) is 11.3 Å². The highest BCUT2D eigenvalue weighted by Gasteiger charge is 2.18. The predicted molar refractivity (Wildman–Crippen MR) is 76.4 cm³/mol. The molecule has 0 fully saturated rings. The zero-order valence-corrected chi connectivity index (χ0v) is 11.9. The molecule has 1 aromatic heterocycles. The number of nitrogens with zero attached hydrogens (tertiary/aromatic N) is 1. The second-order valence-electron chi connectivity index (χ2n) is 4.35. The molecule has 5 nitrogen and oxygen atoms in total. The van der Waals surface area contributed by atoms with Crippen molar-refractivity contribution in [3.05, 3.63) is 40.9 Å². The fourth-order valence-corrected chi connectivity index (χ4v) is 2.27. The van der Waals surface area contributed by atoms with Gasteiger partial charge in [0.15, 0.2) is 11.8 Å². The molecule has 6 heteroatoms. The Kier molecular flexibility index (Phi) is 4.14. The average molecular weight is 290 g/mol. The molecule has 1 aromatic carbocycles. The lowest BCUT2D eigenvalue weighted by atomic mass is 10.2. The summed E-state index contributed by atoms with van der Waals surface area (Å²) in [6.45, 7) is 3.42. The standard InChI is InChI=1S/C14H14N2O3S/c1-8-3-5-10(6-4-8)13-16-11(7-20-13)14(18)19-9(2)12(15)17/h3-7,9H,1-2H3,(H2,15,17)/t9-/m0/s1. The number of primary amides is 1. The number of ether oxygens (including phenoxy) is 1. The second kappa shape index (κ2) is 5.83. The minimum Gasteiger partial charge on any atom is -0.448 e. The smallest absolute Gasteiger partial charge is 0.358 e. The molecule has 1 heterocycles. The lowest BCUT2D eigenvalue weighted by Crippen LogP contribution is -2.30. The Morgan fingerprint density at radius 1 is 1.30 bits per heavy atom. The fraction of sp³-hybridized carbons (Fsp3) is 0.214. The van der Waals surface area contributed by atoms with Crippen LogP contribution in [0.5, 0.6) is 0 Å². The van der Waals surface area contributed by atoms with Crippen molar-refractivity contribution in [1.29, 1.82) is 0 Å². The summed E-state index contributed by atoms with van der Waals surface area (Å²) >= 11 is 1.34. The topological polar surface area (TPSA) is 82.3 Å². The van der Waals surface area contributed by atoms with Crippen molar-refractivity contribution >= 4 is 23.2 Å². The van der Waals surface area contributed by atoms with Gasteiger partial charge in [-0.05, 0) is 13.8 Å². The Labute approximate surface area is 120 Å². The number of carbonyl (C=O) groups is 2. The van der Waals surface area contributed by atoms with Gasteiger partial charge in [0.2, 0.25) is 0 Å². The van der Waals surface area contributed by atoms with Crippen LogP contribution in [0.1, 0.15) is 23.0 Å². The molecule has 2 rings (SSSR count). The number of rotatable bonds is 4. The molecule has 2 N–H and O–H groups in total. The molecule has 0 saturated heterocycles. The van der Waals surface area contributed by atoms with Crippen molar-refractivity contribution in [2.24, 2.45) is 5.73 Å². The van der Waals surface area contributed by atoms with Gasteiger partial charge in [0.05, 0.1) is 0 Å². The van der Waals surface area contributed by atoms with E-state index in [0.29, 0.717) is 0 Å². The van der Waals surface area contributed by atoms with Gasteiger partial charge in [-0.2, -0.15) is 0 Å². The van der Waals surface area contributed by atoms with Crippen LogP contribution in [0, 0.1) is 6.92 Å². The van der Waals surface area contributed by atoms with Gasteiger partial charge in [0, 0.05) is 10.9 Å². The van der Waals surface area contributed by atoms with E-state index in [-0.39, 0.29) is 5.69 Å². The first-order valence-corrected chi connectivity index (χ1v) is 6.88. The summed E-state index contributed by atoms with van der Waals surface area (Å²) in [5.41, 5.74) is 7.30. The average Bonchev–Trinajstić information content (AvgIpc) is 2.89. The number of amides is 1. The Balaban J connectivity index is 2.14. The largest absolute Gasteiger partial charge is 0.448 e. The third kappa shape index (κ3) is 3.21. The highest BCUT2D eigenvalue weighted by Crippen LogP contribution is 2.24. The van der Waals surface area contributed by atoms with Gasteiger partial charge >= 0.3 is 5.97 Å². The minimum absolute atomic E-state index is 0.179. The van der Waals surface area contributed by atoms with Crippen LogP contribution in [0.2, 0.25) is 0 Å². The summed E-state index contributed by atoms with van der Waals surface area (Å²) in [6.07, 6.45) is -0.966. The maximum absolute atomic E-state index is 11.8. The van der Waals surface area contributed by atoms with E-state index in [0.717, 1.165) is 16.1 Å². The number of carbonyl (C=O) groups excluding carboxylic acids is 2. The van der Waals surface area contributed by atoms with E-state index in [1.54, 1.807) is 5.38 Å². The third-order valence-corrected chi connectivity index (χ3v) is 3.59. The van der Waals surface area contributed by atoms with E-state index in [1.165, 1.54) is 18.3 Å². The molecular weight excluding hydrogens is 276 g/mol. The summed E-state index contributed by atoms with van der Waals surface area (Å²) < 4.78 is 4.90. The first-order valence-electron chi connectivity index (χ1n) is 6.00. The van der Waals surface area contributed by atoms with Crippen molar-refractivity contribution in [3.63, 3.8) is 0 Å². The first kappa shape index (κ1) is 14.2. The van der Waals surface area contributed by atoms with Crippen molar-refractivity contribution in [2.45, 2.75) is 20.0 Å². The zero-order chi connectivity index (χ0) is 14.7. The number of hydrogen-bond donors (Lipinski definition) is 1. The highest BCUT2D eigenvalue weighted by molar-refractivity contribution is 7.13. The third-order valence-electron chi connectivity index (χ3n) is 2.70. The number of hydrogen-bond acceptors (Lipinski definition) is 5. The quantitative estimate of drug-likeness (QED) is 0.875. The van der Waals surface area contributed by atoms with Gasteiger partial charge in [-0.3, -0.25) is 4.79 Å². The number of aromatic nitrogens is 1. The molecule has 2 aromatic rings. The molecule has 0 aliphatic rings. The molecule has 0 saturated carbocycles. The molecule has 0 spiro atoms. The van der Waals surface area contributed by atoms with Gasteiger partial charge in [0.1, 0.15) is 5.01 Å². The number of benzene rings is 1. The fourth-order valence-electron chi connectivity index (χ4n) is 1.48. The minimum atomic E-state index is -0.966. The van der Waals surface area contributed by atoms with Crippen LogP contribution < -0.4 is 5.73 Å².